The molecule has 144 valence electrons. The Morgan fingerprint density at radius 1 is 1.32 bits per heavy atom. The average Bonchev–Trinajstić information content (AvgIpc) is 3.15. The van der Waals surface area contributed by atoms with Gasteiger partial charge in [-0.15, -0.1) is 24.0 Å². The molecule has 1 aliphatic carbocycles. The zero-order chi connectivity index (χ0) is 16.8. The number of rotatable bonds is 6. The molecule has 1 saturated carbocycles. The van der Waals surface area contributed by atoms with Crippen LogP contribution in [0, 0.1) is 11.3 Å². The smallest absolute Gasteiger partial charge is 0.223 e. The van der Waals surface area contributed by atoms with E-state index in [-0.39, 0.29) is 35.8 Å². The van der Waals surface area contributed by atoms with E-state index < -0.39 is 0 Å². The second kappa shape index (κ2) is 9.94. The van der Waals surface area contributed by atoms with Gasteiger partial charge in [-0.1, -0.05) is 6.42 Å². The van der Waals surface area contributed by atoms with Gasteiger partial charge in [-0.3, -0.25) is 9.79 Å². The Hall–Kier alpha value is -0.570. The van der Waals surface area contributed by atoms with Crippen molar-refractivity contribution in [1.29, 1.82) is 0 Å². The van der Waals surface area contributed by atoms with Gasteiger partial charge in [-0.25, -0.2) is 0 Å². The minimum atomic E-state index is 0. The highest BCUT2D eigenvalue weighted by molar-refractivity contribution is 14.0. The number of hydrogen-bond donors (Lipinski definition) is 2. The van der Waals surface area contributed by atoms with Crippen molar-refractivity contribution in [3.8, 4) is 0 Å². The molecule has 1 unspecified atom stereocenters. The molecule has 0 aromatic carbocycles. The lowest BCUT2D eigenvalue weighted by atomic mass is 9.85. The van der Waals surface area contributed by atoms with E-state index in [1.165, 1.54) is 19.3 Å². The Balaban J connectivity index is 0.00000225. The number of nitrogens with one attached hydrogen (secondary N) is 2. The van der Waals surface area contributed by atoms with E-state index in [4.69, 9.17) is 9.73 Å². The number of halogens is 1. The lowest BCUT2D eigenvalue weighted by Gasteiger charge is -2.25. The molecule has 3 rings (SSSR count). The van der Waals surface area contributed by atoms with Crippen LogP contribution in [0.4, 0.5) is 0 Å². The molecule has 0 aromatic heterocycles. The Labute approximate surface area is 168 Å². The summed E-state index contributed by atoms with van der Waals surface area (Å²) < 4.78 is 5.61. The fourth-order valence-electron chi connectivity index (χ4n) is 3.80. The zero-order valence-corrected chi connectivity index (χ0v) is 17.7. The number of amides is 1. The number of guanidine groups is 1. The van der Waals surface area contributed by atoms with Crippen molar-refractivity contribution in [2.75, 3.05) is 45.9 Å². The second-order valence-corrected chi connectivity index (χ2v) is 7.48. The SMILES string of the molecule is CCNC(=NCCCNC(=O)C1CCC1)N1CCC2(CCOC2)C1.I. The molecule has 1 atom stereocenters. The van der Waals surface area contributed by atoms with Crippen LogP contribution in [0.1, 0.15) is 45.4 Å². The number of carbonyl (C=O) groups is 1. The van der Waals surface area contributed by atoms with E-state index in [0.717, 1.165) is 71.2 Å². The van der Waals surface area contributed by atoms with Gasteiger partial charge in [0.1, 0.15) is 0 Å². The fraction of sp³-hybridized carbons (Fsp3) is 0.889. The first-order valence-electron chi connectivity index (χ1n) is 9.61. The second-order valence-electron chi connectivity index (χ2n) is 7.48. The first-order valence-corrected chi connectivity index (χ1v) is 9.61. The third-order valence-corrected chi connectivity index (χ3v) is 5.63. The number of nitrogens with zero attached hydrogens (tertiary/aromatic N) is 2. The summed E-state index contributed by atoms with van der Waals surface area (Å²) in [6.45, 7) is 8.41. The molecule has 2 N–H and O–H groups in total. The number of likely N-dealkylation sites (tertiary alicyclic amines) is 1. The van der Waals surface area contributed by atoms with Gasteiger partial charge < -0.3 is 20.3 Å². The molecule has 2 aliphatic heterocycles. The van der Waals surface area contributed by atoms with Gasteiger partial charge in [0.2, 0.25) is 5.91 Å². The number of carbonyl (C=O) groups excluding carboxylic acids is 1. The van der Waals surface area contributed by atoms with Crippen LogP contribution in [-0.2, 0) is 9.53 Å². The lowest BCUT2D eigenvalue weighted by molar-refractivity contribution is -0.127. The van der Waals surface area contributed by atoms with Crippen LogP contribution >= 0.6 is 24.0 Å². The quantitative estimate of drug-likeness (QED) is 0.273. The van der Waals surface area contributed by atoms with Gasteiger partial charge in [0.15, 0.2) is 5.96 Å². The molecular formula is C18H33IN4O2. The molecular weight excluding hydrogens is 431 g/mol. The molecule has 7 heteroatoms. The highest BCUT2D eigenvalue weighted by Gasteiger charge is 2.42. The Kier molecular flexibility index (Phi) is 8.25. The molecule has 3 aliphatic rings. The molecule has 0 radical (unpaired) electrons. The fourth-order valence-corrected chi connectivity index (χ4v) is 3.80. The minimum Gasteiger partial charge on any atom is -0.381 e. The maximum Gasteiger partial charge on any atom is 0.223 e. The minimum absolute atomic E-state index is 0. The van der Waals surface area contributed by atoms with Crippen molar-refractivity contribution in [3.05, 3.63) is 0 Å². The number of ether oxygens (including phenoxy) is 1. The summed E-state index contributed by atoms with van der Waals surface area (Å²) in [7, 11) is 0. The Morgan fingerprint density at radius 3 is 2.80 bits per heavy atom. The molecule has 0 bridgehead atoms. The number of aliphatic imine (C=N–C) groups is 1. The predicted molar refractivity (Wildman–Crippen MR) is 110 cm³/mol. The highest BCUT2D eigenvalue weighted by Crippen LogP contribution is 2.38. The predicted octanol–water partition coefficient (Wildman–Crippen LogP) is 1.99. The van der Waals surface area contributed by atoms with Crippen LogP contribution in [0.2, 0.25) is 0 Å². The van der Waals surface area contributed by atoms with Crippen LogP contribution in [0.15, 0.2) is 4.99 Å². The van der Waals surface area contributed by atoms with E-state index >= 15 is 0 Å². The standard InChI is InChI=1S/C18H32N4O2.HI/c1-2-19-17(22-11-7-18(13-22)8-12-24-14-18)21-10-4-9-20-16(23)15-5-3-6-15;/h15H,2-14H2,1H3,(H,19,21)(H,20,23);1H. The maximum atomic E-state index is 11.8. The topological polar surface area (TPSA) is 66.0 Å². The van der Waals surface area contributed by atoms with Gasteiger partial charge in [0.25, 0.3) is 0 Å². The van der Waals surface area contributed by atoms with E-state index in [0.29, 0.717) is 5.41 Å². The molecule has 1 spiro atoms. The summed E-state index contributed by atoms with van der Waals surface area (Å²) in [5.41, 5.74) is 0.354. The van der Waals surface area contributed by atoms with Gasteiger partial charge in [0, 0.05) is 50.7 Å². The normalized spacial score (nSPS) is 26.4. The van der Waals surface area contributed by atoms with Crippen LogP contribution in [0.3, 0.4) is 0 Å². The van der Waals surface area contributed by atoms with Gasteiger partial charge in [-0.05, 0) is 39.0 Å². The van der Waals surface area contributed by atoms with Crippen LogP contribution < -0.4 is 10.6 Å². The Morgan fingerprint density at radius 2 is 2.16 bits per heavy atom. The monoisotopic (exact) mass is 464 g/mol. The van der Waals surface area contributed by atoms with Crippen LogP contribution in [0.25, 0.3) is 0 Å². The largest absolute Gasteiger partial charge is 0.381 e. The first-order chi connectivity index (χ1) is 11.7. The van der Waals surface area contributed by atoms with Crippen LogP contribution in [0.5, 0.6) is 0 Å². The van der Waals surface area contributed by atoms with Crippen molar-refractivity contribution in [3.63, 3.8) is 0 Å². The van der Waals surface area contributed by atoms with E-state index in [9.17, 15) is 4.79 Å². The average molecular weight is 464 g/mol. The van der Waals surface area contributed by atoms with Crippen molar-refractivity contribution >= 4 is 35.8 Å². The summed E-state index contributed by atoms with van der Waals surface area (Å²) in [4.78, 5) is 18.9. The molecule has 2 saturated heterocycles. The summed E-state index contributed by atoms with van der Waals surface area (Å²) in [6, 6.07) is 0. The van der Waals surface area contributed by atoms with Gasteiger partial charge in [-0.2, -0.15) is 0 Å². The molecule has 25 heavy (non-hydrogen) atoms. The maximum absolute atomic E-state index is 11.8. The first kappa shape index (κ1) is 20.7. The molecule has 2 heterocycles. The molecule has 1 amide bonds. The van der Waals surface area contributed by atoms with Crippen molar-refractivity contribution in [2.45, 2.75) is 45.4 Å². The highest BCUT2D eigenvalue weighted by atomic mass is 127. The summed E-state index contributed by atoms with van der Waals surface area (Å²) >= 11 is 0. The molecule has 0 aromatic rings. The third-order valence-electron chi connectivity index (χ3n) is 5.63. The molecule has 3 fully saturated rings. The van der Waals surface area contributed by atoms with Gasteiger partial charge >= 0.3 is 0 Å². The zero-order valence-electron chi connectivity index (χ0n) is 15.4. The molecule has 6 nitrogen and oxygen atoms in total. The lowest BCUT2D eigenvalue weighted by Crippen LogP contribution is -2.41. The third kappa shape index (κ3) is 5.45. The Bertz CT molecular complexity index is 462. The van der Waals surface area contributed by atoms with E-state index in [2.05, 4.69) is 22.5 Å². The van der Waals surface area contributed by atoms with Crippen molar-refractivity contribution in [2.24, 2.45) is 16.3 Å². The van der Waals surface area contributed by atoms with E-state index in [1.54, 1.807) is 0 Å². The summed E-state index contributed by atoms with van der Waals surface area (Å²) in [5, 5.41) is 6.46. The number of hydrogen-bond acceptors (Lipinski definition) is 3. The van der Waals surface area contributed by atoms with Crippen molar-refractivity contribution < 1.29 is 9.53 Å². The summed E-state index contributed by atoms with van der Waals surface area (Å²) in [5.74, 6) is 1.53. The van der Waals surface area contributed by atoms with E-state index in [1.807, 2.05) is 0 Å². The van der Waals surface area contributed by atoms with Crippen LogP contribution in [-0.4, -0.2) is 62.7 Å². The van der Waals surface area contributed by atoms with Gasteiger partial charge in [0.05, 0.1) is 6.61 Å². The van der Waals surface area contributed by atoms with Crippen molar-refractivity contribution in [1.82, 2.24) is 15.5 Å². The summed E-state index contributed by atoms with van der Waals surface area (Å²) in [6.07, 6.45) is 6.61.